The molecule has 0 radical (unpaired) electrons. The number of carbonyl (C=O) groups excluding carboxylic acids is 1. The summed E-state index contributed by atoms with van der Waals surface area (Å²) >= 11 is 0. The molecule has 0 N–H and O–H groups in total. The van der Waals surface area contributed by atoms with Gasteiger partial charge in [-0.15, -0.1) is 0 Å². The summed E-state index contributed by atoms with van der Waals surface area (Å²) in [5, 5.41) is 3.88. The lowest BCUT2D eigenvalue weighted by molar-refractivity contribution is -0.121. The number of hydrogen-bond acceptors (Lipinski definition) is 4. The van der Waals surface area contributed by atoms with Gasteiger partial charge in [0.1, 0.15) is 12.4 Å². The van der Waals surface area contributed by atoms with E-state index >= 15 is 0 Å². The minimum atomic E-state index is -0.350. The van der Waals surface area contributed by atoms with Gasteiger partial charge in [0, 0.05) is 5.92 Å². The van der Waals surface area contributed by atoms with Crippen LogP contribution in [0, 0.1) is 19.8 Å². The highest BCUT2D eigenvalue weighted by Gasteiger charge is 2.43. The summed E-state index contributed by atoms with van der Waals surface area (Å²) in [6.07, 6.45) is 1.78. The van der Waals surface area contributed by atoms with Crippen molar-refractivity contribution in [3.63, 3.8) is 0 Å². The van der Waals surface area contributed by atoms with Gasteiger partial charge < -0.3 is 9.57 Å². The maximum atomic E-state index is 12.0. The molecule has 1 unspecified atom stereocenters. The van der Waals surface area contributed by atoms with E-state index in [9.17, 15) is 4.79 Å². The van der Waals surface area contributed by atoms with Crippen molar-refractivity contribution >= 4 is 11.5 Å². The van der Waals surface area contributed by atoms with Crippen LogP contribution in [-0.4, -0.2) is 24.2 Å². The van der Waals surface area contributed by atoms with Gasteiger partial charge in [0.15, 0.2) is 11.8 Å². The van der Waals surface area contributed by atoms with Crippen molar-refractivity contribution in [1.29, 1.82) is 0 Å². The molecule has 19 heavy (non-hydrogen) atoms. The number of para-hydroxylation sites is 1. The SMILES string of the molecule is Cc1cccc(C)c1OCC1=NOC(C2CC2)C1=O. The summed E-state index contributed by atoms with van der Waals surface area (Å²) in [6.45, 7) is 4.17. The van der Waals surface area contributed by atoms with E-state index in [1.165, 1.54) is 0 Å². The van der Waals surface area contributed by atoms with Gasteiger partial charge in [-0.2, -0.15) is 0 Å². The zero-order valence-corrected chi connectivity index (χ0v) is 11.2. The zero-order chi connectivity index (χ0) is 13.4. The van der Waals surface area contributed by atoms with E-state index in [0.29, 0.717) is 11.6 Å². The lowest BCUT2D eigenvalue weighted by Crippen LogP contribution is -2.28. The number of hydrogen-bond donors (Lipinski definition) is 0. The van der Waals surface area contributed by atoms with Gasteiger partial charge in [0.2, 0.25) is 5.78 Å². The summed E-state index contributed by atoms with van der Waals surface area (Å²) in [5.74, 6) is 1.19. The molecule has 1 aromatic rings. The summed E-state index contributed by atoms with van der Waals surface area (Å²) in [7, 11) is 0. The van der Waals surface area contributed by atoms with E-state index in [-0.39, 0.29) is 18.5 Å². The van der Waals surface area contributed by atoms with Crippen LogP contribution in [0.5, 0.6) is 5.75 Å². The second kappa shape index (κ2) is 4.68. The molecule has 3 rings (SSSR count). The molecule has 1 atom stereocenters. The zero-order valence-electron chi connectivity index (χ0n) is 11.2. The number of ether oxygens (including phenoxy) is 1. The molecule has 4 heteroatoms. The highest BCUT2D eigenvalue weighted by Crippen LogP contribution is 2.36. The molecule has 0 amide bonds. The smallest absolute Gasteiger partial charge is 0.227 e. The second-order valence-corrected chi connectivity index (χ2v) is 5.28. The average molecular weight is 259 g/mol. The number of oxime groups is 1. The fraction of sp³-hybridized carbons (Fsp3) is 0.467. The summed E-state index contributed by atoms with van der Waals surface area (Å²) in [6, 6.07) is 5.97. The molecule has 1 fully saturated rings. The Balaban J connectivity index is 1.65. The Morgan fingerprint density at radius 2 is 2.00 bits per heavy atom. The number of nitrogens with zero attached hydrogens (tertiary/aromatic N) is 1. The molecule has 4 nitrogen and oxygen atoms in total. The van der Waals surface area contributed by atoms with Crippen LogP contribution in [0.15, 0.2) is 23.4 Å². The number of benzene rings is 1. The van der Waals surface area contributed by atoms with E-state index in [1.807, 2.05) is 32.0 Å². The van der Waals surface area contributed by atoms with Crippen LogP contribution in [0.25, 0.3) is 0 Å². The molecule has 2 aliphatic rings. The van der Waals surface area contributed by atoms with Gasteiger partial charge in [-0.25, -0.2) is 0 Å². The first-order chi connectivity index (χ1) is 9.16. The number of Topliss-reactive ketones (excluding diaryl/α,β-unsaturated/α-hetero) is 1. The third kappa shape index (κ3) is 2.35. The molecule has 100 valence electrons. The summed E-state index contributed by atoms with van der Waals surface area (Å²) in [5.41, 5.74) is 2.52. The van der Waals surface area contributed by atoms with Crippen molar-refractivity contribution in [3.05, 3.63) is 29.3 Å². The van der Waals surface area contributed by atoms with Crippen molar-refractivity contribution < 1.29 is 14.4 Å². The Morgan fingerprint density at radius 3 is 2.63 bits per heavy atom. The lowest BCUT2D eigenvalue weighted by atomic mass is 10.1. The van der Waals surface area contributed by atoms with Gasteiger partial charge in [-0.3, -0.25) is 4.79 Å². The third-order valence-corrected chi connectivity index (χ3v) is 3.63. The maximum absolute atomic E-state index is 12.0. The van der Waals surface area contributed by atoms with E-state index in [0.717, 1.165) is 29.7 Å². The maximum Gasteiger partial charge on any atom is 0.227 e. The van der Waals surface area contributed by atoms with Crippen LogP contribution >= 0.6 is 0 Å². The minimum Gasteiger partial charge on any atom is -0.486 e. The molecule has 1 aromatic carbocycles. The Labute approximate surface area is 112 Å². The van der Waals surface area contributed by atoms with Crippen LogP contribution in [-0.2, 0) is 9.63 Å². The molecule has 0 aromatic heterocycles. The van der Waals surface area contributed by atoms with E-state index in [4.69, 9.17) is 9.57 Å². The summed E-state index contributed by atoms with van der Waals surface area (Å²) < 4.78 is 5.74. The third-order valence-electron chi connectivity index (χ3n) is 3.63. The Morgan fingerprint density at radius 1 is 1.32 bits per heavy atom. The predicted molar refractivity (Wildman–Crippen MR) is 71.5 cm³/mol. The Bertz CT molecular complexity index is 526. The minimum absolute atomic E-state index is 0.00580. The van der Waals surface area contributed by atoms with E-state index in [2.05, 4.69) is 5.16 Å². The van der Waals surface area contributed by atoms with Gasteiger partial charge in [0.05, 0.1) is 0 Å². The normalized spacial score (nSPS) is 22.1. The number of aryl methyl sites for hydroxylation is 2. The molecule has 0 saturated heterocycles. The van der Waals surface area contributed by atoms with Gasteiger partial charge in [-0.1, -0.05) is 23.4 Å². The van der Waals surface area contributed by atoms with Crippen molar-refractivity contribution in [3.8, 4) is 5.75 Å². The fourth-order valence-electron chi connectivity index (χ4n) is 2.34. The van der Waals surface area contributed by atoms with Crippen LogP contribution in [0.2, 0.25) is 0 Å². The second-order valence-electron chi connectivity index (χ2n) is 5.28. The highest BCUT2D eigenvalue weighted by atomic mass is 16.7. The molecule has 0 bridgehead atoms. The molecule has 1 heterocycles. The van der Waals surface area contributed by atoms with Gasteiger partial charge in [-0.05, 0) is 37.8 Å². The summed E-state index contributed by atoms with van der Waals surface area (Å²) in [4.78, 5) is 17.3. The van der Waals surface area contributed by atoms with Crippen molar-refractivity contribution in [2.75, 3.05) is 6.61 Å². The first-order valence-corrected chi connectivity index (χ1v) is 6.62. The van der Waals surface area contributed by atoms with Gasteiger partial charge >= 0.3 is 0 Å². The molecule has 0 spiro atoms. The number of carbonyl (C=O) groups is 1. The Hall–Kier alpha value is -1.84. The van der Waals surface area contributed by atoms with Crippen LogP contribution in [0.3, 0.4) is 0 Å². The van der Waals surface area contributed by atoms with E-state index < -0.39 is 0 Å². The predicted octanol–water partition coefficient (Wildman–Crippen LogP) is 2.42. The topological polar surface area (TPSA) is 47.9 Å². The standard InChI is InChI=1S/C15H17NO3/c1-9-4-3-5-10(2)14(9)18-8-12-13(17)15(19-16-12)11-6-7-11/h3-5,11,15H,6-8H2,1-2H3. The first kappa shape index (κ1) is 12.2. The van der Waals surface area contributed by atoms with Crippen molar-refractivity contribution in [1.82, 2.24) is 0 Å². The fourth-order valence-corrected chi connectivity index (χ4v) is 2.34. The molecule has 1 saturated carbocycles. The Kier molecular flexibility index (Phi) is 3.01. The lowest BCUT2D eigenvalue weighted by Gasteiger charge is -2.10. The van der Waals surface area contributed by atoms with Crippen LogP contribution in [0.4, 0.5) is 0 Å². The first-order valence-electron chi connectivity index (χ1n) is 6.62. The van der Waals surface area contributed by atoms with Crippen molar-refractivity contribution in [2.24, 2.45) is 11.1 Å². The van der Waals surface area contributed by atoms with Crippen LogP contribution in [0.1, 0.15) is 24.0 Å². The van der Waals surface area contributed by atoms with Crippen LogP contribution < -0.4 is 4.74 Å². The molecule has 1 aliphatic heterocycles. The largest absolute Gasteiger partial charge is 0.486 e. The molecular formula is C15H17NO3. The quantitative estimate of drug-likeness (QED) is 0.834. The van der Waals surface area contributed by atoms with E-state index in [1.54, 1.807) is 0 Å². The average Bonchev–Trinajstić information content (AvgIpc) is 3.15. The highest BCUT2D eigenvalue weighted by molar-refractivity contribution is 6.43. The molecular weight excluding hydrogens is 242 g/mol. The number of ketones is 1. The van der Waals surface area contributed by atoms with Crippen molar-refractivity contribution in [2.45, 2.75) is 32.8 Å². The molecule has 1 aliphatic carbocycles. The van der Waals surface area contributed by atoms with Gasteiger partial charge in [0.25, 0.3) is 0 Å². The number of rotatable bonds is 4. The monoisotopic (exact) mass is 259 g/mol.